The zero-order valence-electron chi connectivity index (χ0n) is 24.8. The fourth-order valence-electron chi connectivity index (χ4n) is 5.26. The van der Waals surface area contributed by atoms with Crippen molar-refractivity contribution in [3.05, 3.63) is 144 Å². The average molecular weight is 597 g/mol. The average Bonchev–Trinajstić information content (AvgIpc) is 3.06. The Balaban J connectivity index is 1.58. The molecule has 0 radical (unpaired) electrons. The van der Waals surface area contributed by atoms with E-state index in [1.165, 1.54) is 16.0 Å². The highest BCUT2D eigenvalue weighted by Crippen LogP contribution is 2.47. The summed E-state index contributed by atoms with van der Waals surface area (Å²) in [5.74, 6) is 1.09. The van der Waals surface area contributed by atoms with E-state index in [-0.39, 0.29) is 5.91 Å². The summed E-state index contributed by atoms with van der Waals surface area (Å²) in [5, 5.41) is 4.98. The fourth-order valence-corrected chi connectivity index (χ4v) is 6.36. The van der Waals surface area contributed by atoms with Crippen molar-refractivity contribution in [3.63, 3.8) is 0 Å². The van der Waals surface area contributed by atoms with E-state index in [4.69, 9.17) is 9.47 Å². The van der Waals surface area contributed by atoms with Gasteiger partial charge in [-0.15, -0.1) is 0 Å². The zero-order chi connectivity index (χ0) is 30.5. The van der Waals surface area contributed by atoms with E-state index in [1.54, 1.807) is 43.3 Å². The van der Waals surface area contributed by atoms with Crippen molar-refractivity contribution in [3.8, 4) is 22.6 Å². The van der Waals surface area contributed by atoms with Crippen LogP contribution in [-0.4, -0.2) is 18.0 Å². The molecule has 1 aromatic heterocycles. The molecule has 0 aliphatic rings. The van der Waals surface area contributed by atoms with Crippen LogP contribution in [0.25, 0.3) is 21.9 Å². The van der Waals surface area contributed by atoms with Crippen molar-refractivity contribution in [1.29, 1.82) is 0 Å². The van der Waals surface area contributed by atoms with Crippen LogP contribution in [0.2, 0.25) is 0 Å². The molecule has 218 valence electrons. The van der Waals surface area contributed by atoms with Crippen LogP contribution in [0, 0.1) is 13.8 Å². The molecule has 0 atom stereocenters. The molecule has 6 heteroatoms. The second-order valence-electron chi connectivity index (χ2n) is 10.5. The number of fused-ring (bicyclic) bond motifs is 1. The molecule has 1 N–H and O–H groups in total. The lowest BCUT2D eigenvalue weighted by atomic mass is 9.95. The summed E-state index contributed by atoms with van der Waals surface area (Å²) >= 11 is 1.68. The summed E-state index contributed by atoms with van der Waals surface area (Å²) in [7, 11) is 1.69. The van der Waals surface area contributed by atoms with E-state index >= 15 is 0 Å². The van der Waals surface area contributed by atoms with Gasteiger partial charge in [-0.05, 0) is 65.8 Å². The number of carbonyl (C=O) groups excluding carboxylic acids is 1. The van der Waals surface area contributed by atoms with E-state index < -0.39 is 0 Å². The summed E-state index contributed by atoms with van der Waals surface area (Å²) in [6.07, 6.45) is 1.62. The third kappa shape index (κ3) is 6.17. The number of hydrogen-bond donors (Lipinski definition) is 1. The number of aryl methyl sites for hydroxylation is 2. The van der Waals surface area contributed by atoms with Crippen LogP contribution >= 0.6 is 11.8 Å². The van der Waals surface area contributed by atoms with Crippen LogP contribution in [0.1, 0.15) is 27.2 Å². The Hall–Kier alpha value is -5.07. The van der Waals surface area contributed by atoms with Crippen molar-refractivity contribution in [2.24, 2.45) is 0 Å². The van der Waals surface area contributed by atoms with E-state index in [0.717, 1.165) is 38.1 Å². The van der Waals surface area contributed by atoms with Gasteiger partial charge in [0.05, 0.1) is 17.7 Å². The van der Waals surface area contributed by atoms with Gasteiger partial charge in [0.2, 0.25) is 0 Å². The Morgan fingerprint density at radius 3 is 2.16 bits per heavy atom. The topological polar surface area (TPSA) is 60.5 Å². The maximum absolute atomic E-state index is 13.5. The summed E-state index contributed by atoms with van der Waals surface area (Å²) in [5.41, 5.74) is 6.27. The van der Waals surface area contributed by atoms with Crippen LogP contribution < -0.4 is 14.8 Å². The monoisotopic (exact) mass is 596 g/mol. The minimum Gasteiger partial charge on any atom is -0.496 e. The van der Waals surface area contributed by atoms with Crippen LogP contribution in [0.15, 0.2) is 131 Å². The molecule has 0 saturated heterocycles. The first-order valence-electron chi connectivity index (χ1n) is 14.4. The predicted molar refractivity (Wildman–Crippen MR) is 179 cm³/mol. The van der Waals surface area contributed by atoms with Crippen LogP contribution in [0.3, 0.4) is 0 Å². The van der Waals surface area contributed by atoms with Crippen molar-refractivity contribution in [1.82, 2.24) is 4.98 Å². The van der Waals surface area contributed by atoms with E-state index in [0.29, 0.717) is 23.7 Å². The summed E-state index contributed by atoms with van der Waals surface area (Å²) in [4.78, 5) is 19.9. The number of anilines is 1. The van der Waals surface area contributed by atoms with E-state index in [1.807, 2.05) is 60.7 Å². The SMILES string of the molecule is COc1cc2c(OCc3ccccc3)cc(NC(=O)c3ccccn3)c(-c3ccccc3)c2cc1Sc1c(C)cccc1C. The fraction of sp³-hybridized carbons (Fsp3) is 0.105. The number of ether oxygens (including phenoxy) is 2. The zero-order valence-corrected chi connectivity index (χ0v) is 25.7. The number of benzene rings is 5. The number of rotatable bonds is 9. The molecule has 0 spiro atoms. The minimum absolute atomic E-state index is 0.296. The smallest absolute Gasteiger partial charge is 0.274 e. The Morgan fingerprint density at radius 2 is 1.48 bits per heavy atom. The van der Waals surface area contributed by atoms with Gasteiger partial charge >= 0.3 is 0 Å². The van der Waals surface area contributed by atoms with Gasteiger partial charge in [0.15, 0.2) is 0 Å². The predicted octanol–water partition coefficient (Wildman–Crippen LogP) is 9.51. The molecule has 1 amide bonds. The molecule has 6 aromatic rings. The Labute approximate surface area is 261 Å². The minimum atomic E-state index is -0.296. The Bertz CT molecular complexity index is 1910. The molecule has 0 fully saturated rings. The van der Waals surface area contributed by atoms with Gasteiger partial charge in [-0.2, -0.15) is 0 Å². The molecule has 6 rings (SSSR count). The molecule has 0 aliphatic heterocycles. The number of carbonyl (C=O) groups is 1. The van der Waals surface area contributed by atoms with E-state index in [2.05, 4.69) is 60.5 Å². The van der Waals surface area contributed by atoms with Crippen LogP contribution in [0.5, 0.6) is 11.5 Å². The first kappa shape index (κ1) is 29.0. The standard InChI is InChI=1S/C38H32N2O3S/c1-25-13-12-14-26(2)37(25)44-35-22-30-29(21-34(35)42-3)33(43-24-27-15-6-4-7-16-27)23-32(36(30)28-17-8-5-9-18-28)40-38(41)31-19-10-11-20-39-31/h4-23H,24H2,1-3H3,(H,40,41). The number of methoxy groups -OCH3 is 1. The molecule has 0 saturated carbocycles. The van der Waals surface area contributed by atoms with Gasteiger partial charge in [0, 0.05) is 28.1 Å². The highest BCUT2D eigenvalue weighted by Gasteiger charge is 2.21. The summed E-state index contributed by atoms with van der Waals surface area (Å²) < 4.78 is 12.5. The van der Waals surface area contributed by atoms with E-state index in [9.17, 15) is 4.79 Å². The van der Waals surface area contributed by atoms with Gasteiger partial charge in [-0.3, -0.25) is 9.78 Å². The first-order valence-corrected chi connectivity index (χ1v) is 15.2. The van der Waals surface area contributed by atoms with Gasteiger partial charge < -0.3 is 14.8 Å². The summed E-state index contributed by atoms with van der Waals surface area (Å²) in [6.45, 7) is 4.62. The van der Waals surface area contributed by atoms with Crippen molar-refractivity contribution in [2.75, 3.05) is 12.4 Å². The number of nitrogens with zero attached hydrogens (tertiary/aromatic N) is 1. The summed E-state index contributed by atoms with van der Waals surface area (Å²) in [6, 6.07) is 37.9. The quantitative estimate of drug-likeness (QED) is 0.180. The van der Waals surface area contributed by atoms with Gasteiger partial charge in [0.1, 0.15) is 23.8 Å². The highest BCUT2D eigenvalue weighted by atomic mass is 32.2. The van der Waals surface area contributed by atoms with Gasteiger partial charge in [-0.1, -0.05) is 96.7 Å². The van der Waals surface area contributed by atoms with Crippen molar-refractivity contribution >= 4 is 34.1 Å². The van der Waals surface area contributed by atoms with Gasteiger partial charge in [0.25, 0.3) is 5.91 Å². The first-order chi connectivity index (χ1) is 21.5. The molecule has 0 aliphatic carbocycles. The Kier molecular flexibility index (Phi) is 8.62. The molecule has 44 heavy (non-hydrogen) atoms. The third-order valence-electron chi connectivity index (χ3n) is 7.45. The molecule has 0 unspecified atom stereocenters. The maximum Gasteiger partial charge on any atom is 0.274 e. The second-order valence-corrected chi connectivity index (χ2v) is 11.5. The number of aromatic nitrogens is 1. The Morgan fingerprint density at radius 1 is 0.773 bits per heavy atom. The third-order valence-corrected chi connectivity index (χ3v) is 8.84. The molecular formula is C38H32N2O3S. The highest BCUT2D eigenvalue weighted by molar-refractivity contribution is 7.99. The normalized spacial score (nSPS) is 10.9. The lowest BCUT2D eigenvalue weighted by Gasteiger charge is -2.21. The lowest BCUT2D eigenvalue weighted by molar-refractivity contribution is 0.102. The molecular weight excluding hydrogens is 564 g/mol. The number of nitrogens with one attached hydrogen (secondary N) is 1. The molecule has 5 aromatic carbocycles. The van der Waals surface area contributed by atoms with Gasteiger partial charge in [-0.25, -0.2) is 0 Å². The van der Waals surface area contributed by atoms with Crippen molar-refractivity contribution in [2.45, 2.75) is 30.2 Å². The van der Waals surface area contributed by atoms with Crippen LogP contribution in [-0.2, 0) is 6.61 Å². The number of hydrogen-bond acceptors (Lipinski definition) is 5. The lowest BCUT2D eigenvalue weighted by Crippen LogP contribution is -2.14. The second kappa shape index (κ2) is 13.1. The number of amides is 1. The molecule has 5 nitrogen and oxygen atoms in total. The maximum atomic E-state index is 13.5. The largest absolute Gasteiger partial charge is 0.496 e. The van der Waals surface area contributed by atoms with Crippen molar-refractivity contribution < 1.29 is 14.3 Å². The number of pyridine rings is 1. The molecule has 1 heterocycles. The molecule has 0 bridgehead atoms. The van der Waals surface area contributed by atoms with Crippen LogP contribution in [0.4, 0.5) is 5.69 Å².